The van der Waals surface area contributed by atoms with E-state index in [9.17, 15) is 8.42 Å². The van der Waals surface area contributed by atoms with Crippen molar-refractivity contribution in [2.75, 3.05) is 11.3 Å². The van der Waals surface area contributed by atoms with Gasteiger partial charge in [-0.15, -0.1) is 11.3 Å². The first-order chi connectivity index (χ1) is 9.94. The van der Waals surface area contributed by atoms with Gasteiger partial charge in [-0.3, -0.25) is 4.72 Å². The summed E-state index contributed by atoms with van der Waals surface area (Å²) >= 11 is 10.6. The zero-order valence-corrected chi connectivity index (χ0v) is 15.0. The van der Waals surface area contributed by atoms with Crippen LogP contribution < -0.4 is 10.0 Å². The van der Waals surface area contributed by atoms with E-state index in [-0.39, 0.29) is 15.7 Å². The molecule has 2 aromatic rings. The highest BCUT2D eigenvalue weighted by Crippen LogP contribution is 2.33. The number of halogens is 2. The van der Waals surface area contributed by atoms with Crippen molar-refractivity contribution in [1.82, 2.24) is 10.3 Å². The highest BCUT2D eigenvalue weighted by molar-refractivity contribution is 9.11. The maximum Gasteiger partial charge on any atom is 0.265 e. The van der Waals surface area contributed by atoms with Gasteiger partial charge < -0.3 is 5.32 Å². The first-order valence-electron chi connectivity index (χ1n) is 6.06. The van der Waals surface area contributed by atoms with Crippen LogP contribution in [0.4, 0.5) is 5.82 Å². The summed E-state index contributed by atoms with van der Waals surface area (Å²) in [6.45, 7) is 3.43. The van der Waals surface area contributed by atoms with Crippen LogP contribution in [0.5, 0.6) is 0 Å². The Morgan fingerprint density at radius 2 is 2.24 bits per heavy atom. The molecule has 0 saturated carbocycles. The van der Waals surface area contributed by atoms with Gasteiger partial charge in [0.15, 0.2) is 5.82 Å². The van der Waals surface area contributed by atoms with Gasteiger partial charge in [0.05, 0.1) is 8.81 Å². The van der Waals surface area contributed by atoms with Gasteiger partial charge in [-0.1, -0.05) is 18.5 Å². The summed E-state index contributed by atoms with van der Waals surface area (Å²) in [5.41, 5.74) is 0. The van der Waals surface area contributed by atoms with E-state index in [0.29, 0.717) is 10.3 Å². The van der Waals surface area contributed by atoms with Gasteiger partial charge in [-0.2, -0.15) is 0 Å². The van der Waals surface area contributed by atoms with Gasteiger partial charge in [0.1, 0.15) is 4.90 Å². The summed E-state index contributed by atoms with van der Waals surface area (Å²) < 4.78 is 27.8. The third-order valence-electron chi connectivity index (χ3n) is 2.53. The number of rotatable bonds is 6. The number of thiophene rings is 1. The molecule has 21 heavy (non-hydrogen) atoms. The molecule has 0 aliphatic rings. The third-order valence-corrected chi connectivity index (χ3v) is 6.43. The molecule has 0 aromatic carbocycles. The summed E-state index contributed by atoms with van der Waals surface area (Å²) in [6, 6.07) is 4.84. The number of aromatic nitrogens is 1. The third kappa shape index (κ3) is 4.17. The molecule has 0 saturated heterocycles. The quantitative estimate of drug-likeness (QED) is 0.765. The predicted octanol–water partition coefficient (Wildman–Crippen LogP) is 3.47. The van der Waals surface area contributed by atoms with Gasteiger partial charge in [-0.25, -0.2) is 13.4 Å². The maximum atomic E-state index is 12.4. The van der Waals surface area contributed by atoms with E-state index in [2.05, 4.69) is 31.0 Å². The van der Waals surface area contributed by atoms with Gasteiger partial charge in [0.2, 0.25) is 0 Å². The second kappa shape index (κ2) is 7.06. The summed E-state index contributed by atoms with van der Waals surface area (Å²) in [6.07, 6.45) is 1.48. The Hall–Kier alpha value is -0.670. The number of hydrogen-bond donors (Lipinski definition) is 2. The molecule has 2 heterocycles. The molecule has 0 spiro atoms. The molecule has 0 bridgehead atoms. The molecule has 0 aliphatic carbocycles. The van der Waals surface area contributed by atoms with E-state index in [1.165, 1.54) is 17.5 Å². The van der Waals surface area contributed by atoms with E-state index in [1.54, 1.807) is 18.2 Å². The monoisotopic (exact) mass is 409 g/mol. The molecule has 0 radical (unpaired) electrons. The van der Waals surface area contributed by atoms with E-state index in [0.717, 1.165) is 11.4 Å². The fraction of sp³-hybridized carbons (Fsp3) is 0.250. The summed E-state index contributed by atoms with van der Waals surface area (Å²) in [7, 11) is -3.73. The minimum atomic E-state index is -3.73. The molecule has 0 fully saturated rings. The van der Waals surface area contributed by atoms with Crippen LogP contribution in [0.2, 0.25) is 5.02 Å². The lowest BCUT2D eigenvalue weighted by Crippen LogP contribution is -2.14. The topological polar surface area (TPSA) is 71.1 Å². The van der Waals surface area contributed by atoms with E-state index in [4.69, 9.17) is 11.6 Å². The van der Waals surface area contributed by atoms with Gasteiger partial charge >= 0.3 is 0 Å². The van der Waals surface area contributed by atoms with Crippen molar-refractivity contribution in [2.45, 2.75) is 18.4 Å². The molecule has 114 valence electrons. The largest absolute Gasteiger partial charge is 0.312 e. The highest BCUT2D eigenvalue weighted by Gasteiger charge is 2.22. The number of nitrogens with zero attached hydrogens (tertiary/aromatic N) is 1. The Morgan fingerprint density at radius 3 is 2.90 bits per heavy atom. The molecule has 2 aromatic heterocycles. The molecule has 2 rings (SSSR count). The first kappa shape index (κ1) is 16.7. The fourth-order valence-electron chi connectivity index (χ4n) is 1.56. The Morgan fingerprint density at radius 1 is 1.48 bits per heavy atom. The lowest BCUT2D eigenvalue weighted by Gasteiger charge is -2.07. The molecular weight excluding hydrogens is 398 g/mol. The minimum absolute atomic E-state index is 0.116. The van der Waals surface area contributed by atoms with Gasteiger partial charge in [-0.05, 0) is 40.7 Å². The second-order valence-corrected chi connectivity index (χ2v) is 8.58. The van der Waals surface area contributed by atoms with Crippen molar-refractivity contribution in [1.29, 1.82) is 0 Å². The fourth-order valence-corrected chi connectivity index (χ4v) is 5.47. The summed E-state index contributed by atoms with van der Waals surface area (Å²) in [4.78, 5) is 5.04. The average molecular weight is 411 g/mol. The second-order valence-electron chi connectivity index (χ2n) is 4.07. The van der Waals surface area contributed by atoms with Crippen LogP contribution in [0.1, 0.15) is 11.8 Å². The SMILES string of the molecule is CCNCc1cc(S(=O)(=O)Nc2ncccc2Cl)c(Br)s1. The highest BCUT2D eigenvalue weighted by atomic mass is 79.9. The molecule has 0 unspecified atom stereocenters. The maximum absolute atomic E-state index is 12.4. The Kier molecular flexibility index (Phi) is 5.61. The summed E-state index contributed by atoms with van der Waals surface area (Å²) in [5.74, 6) is 0.116. The van der Waals surface area contributed by atoms with Crippen LogP contribution in [-0.2, 0) is 16.6 Å². The predicted molar refractivity (Wildman–Crippen MR) is 89.5 cm³/mol. The number of nitrogens with one attached hydrogen (secondary N) is 2. The van der Waals surface area contributed by atoms with Crippen LogP contribution in [0.25, 0.3) is 0 Å². The minimum Gasteiger partial charge on any atom is -0.312 e. The van der Waals surface area contributed by atoms with Crippen molar-refractivity contribution in [3.05, 3.63) is 38.1 Å². The smallest absolute Gasteiger partial charge is 0.265 e. The van der Waals surface area contributed by atoms with E-state index in [1.807, 2.05) is 6.92 Å². The van der Waals surface area contributed by atoms with Crippen molar-refractivity contribution >= 4 is 54.7 Å². The van der Waals surface area contributed by atoms with Crippen LogP contribution in [0, 0.1) is 0 Å². The van der Waals surface area contributed by atoms with E-state index >= 15 is 0 Å². The van der Waals surface area contributed by atoms with Crippen molar-refractivity contribution in [3.63, 3.8) is 0 Å². The van der Waals surface area contributed by atoms with E-state index < -0.39 is 10.0 Å². The molecule has 2 N–H and O–H groups in total. The van der Waals surface area contributed by atoms with Crippen molar-refractivity contribution in [3.8, 4) is 0 Å². The van der Waals surface area contributed by atoms with Crippen molar-refractivity contribution < 1.29 is 8.42 Å². The number of hydrogen-bond acceptors (Lipinski definition) is 5. The standard InChI is InChI=1S/C12H13BrClN3O2S2/c1-2-15-7-8-6-10(11(13)20-8)21(18,19)17-12-9(14)4-3-5-16-12/h3-6,15H,2,7H2,1H3,(H,16,17). The Bertz CT molecular complexity index is 734. The Balaban J connectivity index is 2.27. The van der Waals surface area contributed by atoms with Gasteiger partial charge in [0, 0.05) is 17.6 Å². The Labute approximate surface area is 140 Å². The zero-order valence-electron chi connectivity index (χ0n) is 11.1. The molecule has 5 nitrogen and oxygen atoms in total. The normalized spacial score (nSPS) is 11.6. The molecule has 0 amide bonds. The first-order valence-corrected chi connectivity index (χ1v) is 9.53. The number of anilines is 1. The lowest BCUT2D eigenvalue weighted by molar-refractivity contribution is 0.601. The number of pyridine rings is 1. The molecule has 0 atom stereocenters. The molecule has 9 heteroatoms. The number of sulfonamides is 1. The van der Waals surface area contributed by atoms with Crippen LogP contribution in [-0.4, -0.2) is 19.9 Å². The van der Waals surface area contributed by atoms with Crippen LogP contribution in [0.15, 0.2) is 33.1 Å². The van der Waals surface area contributed by atoms with Crippen molar-refractivity contribution in [2.24, 2.45) is 0 Å². The molecule has 0 aliphatic heterocycles. The average Bonchev–Trinajstić information content (AvgIpc) is 2.81. The zero-order chi connectivity index (χ0) is 15.5. The summed E-state index contributed by atoms with van der Waals surface area (Å²) in [5, 5.41) is 3.41. The lowest BCUT2D eigenvalue weighted by atomic mass is 10.4. The van der Waals surface area contributed by atoms with Crippen LogP contribution >= 0.6 is 38.9 Å². The van der Waals surface area contributed by atoms with Gasteiger partial charge in [0.25, 0.3) is 10.0 Å². The molecular formula is C12H13BrClN3O2S2. The van der Waals surface area contributed by atoms with Crippen LogP contribution in [0.3, 0.4) is 0 Å².